The van der Waals surface area contributed by atoms with E-state index in [-0.39, 0.29) is 0 Å². The van der Waals surface area contributed by atoms with Crippen LogP contribution < -0.4 is 10.6 Å². The Bertz CT molecular complexity index is 106. The summed E-state index contributed by atoms with van der Waals surface area (Å²) in [6.45, 7) is 4.05. The third-order valence-electron chi connectivity index (χ3n) is 2.25. The number of nitrogens with one attached hydrogen (secondary N) is 2. The summed E-state index contributed by atoms with van der Waals surface area (Å²) >= 11 is 0. The molecule has 0 amide bonds. The molecule has 2 aliphatic heterocycles. The van der Waals surface area contributed by atoms with Gasteiger partial charge in [0.2, 0.25) is 0 Å². The van der Waals surface area contributed by atoms with Crippen molar-refractivity contribution in [2.24, 2.45) is 0 Å². The van der Waals surface area contributed by atoms with E-state index < -0.39 is 0 Å². The van der Waals surface area contributed by atoms with Gasteiger partial charge in [-0.15, -0.1) is 0 Å². The highest BCUT2D eigenvalue weighted by atomic mass is 16.5. The molecule has 0 aromatic heterocycles. The Morgan fingerprint density at radius 2 is 1.60 bits per heavy atom. The highest BCUT2D eigenvalue weighted by Crippen LogP contribution is 2.07. The van der Waals surface area contributed by atoms with Crippen molar-refractivity contribution >= 4 is 0 Å². The maximum atomic E-state index is 5.32. The Balaban J connectivity index is 1.95. The highest BCUT2D eigenvalue weighted by molar-refractivity contribution is 4.88. The Kier molecular flexibility index (Phi) is 1.88. The van der Waals surface area contributed by atoms with Crippen molar-refractivity contribution in [1.29, 1.82) is 0 Å². The molecule has 2 aliphatic rings. The summed E-state index contributed by atoms with van der Waals surface area (Å²) in [4.78, 5) is 0. The van der Waals surface area contributed by atoms with Crippen LogP contribution in [-0.4, -0.2) is 38.4 Å². The first-order valence-corrected chi connectivity index (χ1v) is 4.01. The van der Waals surface area contributed by atoms with Gasteiger partial charge in [0.05, 0.1) is 13.2 Å². The molecular formula is C7H14N2O. The minimum Gasteiger partial charge on any atom is -0.378 e. The second kappa shape index (κ2) is 2.86. The number of rotatable bonds is 0. The van der Waals surface area contributed by atoms with Crippen LogP contribution >= 0.6 is 0 Å². The lowest BCUT2D eigenvalue weighted by Crippen LogP contribution is -2.43. The summed E-state index contributed by atoms with van der Waals surface area (Å²) < 4.78 is 5.32. The number of hydrogen-bond acceptors (Lipinski definition) is 3. The lowest BCUT2D eigenvalue weighted by molar-refractivity contribution is 0.184. The van der Waals surface area contributed by atoms with Crippen molar-refractivity contribution < 1.29 is 4.74 Å². The summed E-state index contributed by atoms with van der Waals surface area (Å²) in [6, 6.07) is 1.14. The van der Waals surface area contributed by atoms with E-state index in [0.717, 1.165) is 26.3 Å². The van der Waals surface area contributed by atoms with Gasteiger partial charge < -0.3 is 15.4 Å². The molecular weight excluding hydrogens is 128 g/mol. The molecule has 2 atom stereocenters. The Hall–Kier alpha value is -0.120. The summed E-state index contributed by atoms with van der Waals surface area (Å²) in [5, 5.41) is 6.91. The van der Waals surface area contributed by atoms with Gasteiger partial charge in [-0.2, -0.15) is 0 Å². The lowest BCUT2D eigenvalue weighted by atomic mass is 10.2. The van der Waals surface area contributed by atoms with Gasteiger partial charge >= 0.3 is 0 Å². The molecule has 0 unspecified atom stereocenters. The maximum Gasteiger partial charge on any atom is 0.0636 e. The molecule has 0 aliphatic carbocycles. The van der Waals surface area contributed by atoms with Crippen molar-refractivity contribution in [1.82, 2.24) is 10.6 Å². The Morgan fingerprint density at radius 3 is 2.20 bits per heavy atom. The summed E-state index contributed by atoms with van der Waals surface area (Å²) in [7, 11) is 0. The van der Waals surface area contributed by atoms with Gasteiger partial charge in [0.15, 0.2) is 0 Å². The van der Waals surface area contributed by atoms with Crippen molar-refractivity contribution in [2.75, 3.05) is 26.3 Å². The number of fused-ring (bicyclic) bond motifs is 1. The summed E-state index contributed by atoms with van der Waals surface area (Å²) in [6.07, 6.45) is 1.24. The third kappa shape index (κ3) is 1.17. The molecule has 2 rings (SSSR count). The second-order valence-corrected chi connectivity index (χ2v) is 3.01. The van der Waals surface area contributed by atoms with Gasteiger partial charge in [0, 0.05) is 12.1 Å². The molecule has 0 bridgehead atoms. The molecule has 2 heterocycles. The van der Waals surface area contributed by atoms with Crippen LogP contribution in [-0.2, 0) is 4.74 Å². The predicted octanol–water partition coefficient (Wildman–Crippen LogP) is -0.663. The van der Waals surface area contributed by atoms with Crippen LogP contribution in [0, 0.1) is 0 Å². The zero-order valence-corrected chi connectivity index (χ0v) is 6.10. The molecule has 0 saturated carbocycles. The first-order chi connectivity index (χ1) is 4.97. The minimum atomic E-state index is 0.572. The molecule has 2 N–H and O–H groups in total. The maximum absolute atomic E-state index is 5.32. The van der Waals surface area contributed by atoms with Crippen LogP contribution in [0.2, 0.25) is 0 Å². The molecule has 2 saturated heterocycles. The fourth-order valence-corrected chi connectivity index (χ4v) is 1.62. The predicted molar refractivity (Wildman–Crippen MR) is 39.0 cm³/mol. The zero-order valence-electron chi connectivity index (χ0n) is 6.10. The van der Waals surface area contributed by atoms with Crippen molar-refractivity contribution in [3.63, 3.8) is 0 Å². The van der Waals surface area contributed by atoms with Crippen molar-refractivity contribution in [2.45, 2.75) is 18.5 Å². The van der Waals surface area contributed by atoms with Crippen LogP contribution in [0.15, 0.2) is 0 Å². The summed E-state index contributed by atoms with van der Waals surface area (Å²) in [5.41, 5.74) is 0. The van der Waals surface area contributed by atoms with E-state index in [4.69, 9.17) is 4.74 Å². The third-order valence-corrected chi connectivity index (χ3v) is 2.25. The number of ether oxygens (including phenoxy) is 1. The van der Waals surface area contributed by atoms with E-state index in [1.54, 1.807) is 0 Å². The van der Waals surface area contributed by atoms with Crippen molar-refractivity contribution in [3.8, 4) is 0 Å². The van der Waals surface area contributed by atoms with E-state index in [2.05, 4.69) is 10.6 Å². The molecule has 0 radical (unpaired) electrons. The molecule has 3 heteroatoms. The van der Waals surface area contributed by atoms with E-state index >= 15 is 0 Å². The monoisotopic (exact) mass is 142 g/mol. The van der Waals surface area contributed by atoms with E-state index in [9.17, 15) is 0 Å². The fourth-order valence-electron chi connectivity index (χ4n) is 1.62. The topological polar surface area (TPSA) is 33.3 Å². The fraction of sp³-hybridized carbons (Fsp3) is 1.00. The van der Waals surface area contributed by atoms with Gasteiger partial charge in [0.25, 0.3) is 0 Å². The zero-order chi connectivity index (χ0) is 6.81. The average molecular weight is 142 g/mol. The van der Waals surface area contributed by atoms with Crippen molar-refractivity contribution in [3.05, 3.63) is 0 Å². The van der Waals surface area contributed by atoms with Crippen LogP contribution in [0.5, 0.6) is 0 Å². The lowest BCUT2D eigenvalue weighted by Gasteiger charge is -2.14. The molecule has 3 nitrogen and oxygen atoms in total. The minimum absolute atomic E-state index is 0.572. The van der Waals surface area contributed by atoms with E-state index in [1.165, 1.54) is 6.42 Å². The van der Waals surface area contributed by atoms with E-state index in [0.29, 0.717) is 12.1 Å². The molecule has 10 heavy (non-hydrogen) atoms. The average Bonchev–Trinajstić information content (AvgIpc) is 2.28. The Labute approximate surface area is 61.1 Å². The van der Waals surface area contributed by atoms with Crippen LogP contribution in [0.1, 0.15) is 6.42 Å². The van der Waals surface area contributed by atoms with Gasteiger partial charge in [-0.3, -0.25) is 0 Å². The number of hydrogen-bond donors (Lipinski definition) is 2. The highest BCUT2D eigenvalue weighted by Gasteiger charge is 2.28. The molecule has 2 fully saturated rings. The normalized spacial score (nSPS) is 40.8. The van der Waals surface area contributed by atoms with Gasteiger partial charge in [-0.25, -0.2) is 0 Å². The quantitative estimate of drug-likeness (QED) is 0.471. The molecule has 0 spiro atoms. The molecule has 58 valence electrons. The standard InChI is InChI=1S/C7H14N2O/c1-2-8-6-4-10-5-7(6)9-3-1/h6-9H,1-5H2/t6-,7-/m0/s1. The van der Waals surface area contributed by atoms with Gasteiger partial charge in [-0.1, -0.05) is 0 Å². The molecule has 0 aromatic carbocycles. The smallest absolute Gasteiger partial charge is 0.0636 e. The largest absolute Gasteiger partial charge is 0.378 e. The van der Waals surface area contributed by atoms with E-state index in [1.807, 2.05) is 0 Å². The van der Waals surface area contributed by atoms with Gasteiger partial charge in [-0.05, 0) is 19.5 Å². The van der Waals surface area contributed by atoms with Crippen LogP contribution in [0.4, 0.5) is 0 Å². The summed E-state index contributed by atoms with van der Waals surface area (Å²) in [5.74, 6) is 0. The first-order valence-electron chi connectivity index (χ1n) is 4.01. The van der Waals surface area contributed by atoms with Crippen LogP contribution in [0.25, 0.3) is 0 Å². The first kappa shape index (κ1) is 6.58. The Morgan fingerprint density at radius 1 is 1.00 bits per heavy atom. The SMILES string of the molecule is C1CN[C@H]2COC[C@@H]2NC1. The molecule has 0 aromatic rings. The second-order valence-electron chi connectivity index (χ2n) is 3.01. The van der Waals surface area contributed by atoms with Crippen LogP contribution in [0.3, 0.4) is 0 Å². The van der Waals surface area contributed by atoms with Gasteiger partial charge in [0.1, 0.15) is 0 Å².